The maximum absolute atomic E-state index is 12.1. The summed E-state index contributed by atoms with van der Waals surface area (Å²) in [5, 5.41) is 8.79. The van der Waals surface area contributed by atoms with Gasteiger partial charge in [-0.25, -0.2) is 4.98 Å². The number of nitrogens with zero attached hydrogens (tertiary/aromatic N) is 2. The smallest absolute Gasteiger partial charge is 0.323 e. The molecule has 17 heavy (non-hydrogen) atoms. The average Bonchev–Trinajstić information content (AvgIpc) is 3.00. The zero-order valence-electron chi connectivity index (χ0n) is 9.77. The summed E-state index contributed by atoms with van der Waals surface area (Å²) in [5.41, 5.74) is 0.503. The van der Waals surface area contributed by atoms with E-state index in [9.17, 15) is 9.59 Å². The van der Waals surface area contributed by atoms with Gasteiger partial charge < -0.3 is 14.4 Å². The highest BCUT2D eigenvalue weighted by Crippen LogP contribution is 2.28. The van der Waals surface area contributed by atoms with E-state index in [4.69, 9.17) is 9.52 Å². The molecule has 1 heterocycles. The Morgan fingerprint density at radius 3 is 2.53 bits per heavy atom. The third kappa shape index (κ3) is 2.46. The van der Waals surface area contributed by atoms with Crippen LogP contribution in [0.25, 0.3) is 0 Å². The molecule has 1 amide bonds. The van der Waals surface area contributed by atoms with Crippen molar-refractivity contribution in [2.24, 2.45) is 0 Å². The lowest BCUT2D eigenvalue weighted by Gasteiger charge is -2.18. The largest absolute Gasteiger partial charge is 0.480 e. The number of carboxylic acids is 1. The van der Waals surface area contributed by atoms with Crippen LogP contribution in [0.2, 0.25) is 0 Å². The van der Waals surface area contributed by atoms with Crippen molar-refractivity contribution in [1.29, 1.82) is 0 Å². The fourth-order valence-corrected chi connectivity index (χ4v) is 1.76. The van der Waals surface area contributed by atoms with Crippen LogP contribution in [-0.4, -0.2) is 39.5 Å². The van der Waals surface area contributed by atoms with Gasteiger partial charge in [0.15, 0.2) is 5.89 Å². The zero-order chi connectivity index (χ0) is 12.6. The second-order valence-corrected chi connectivity index (χ2v) is 4.21. The number of aromatic nitrogens is 1. The van der Waals surface area contributed by atoms with Gasteiger partial charge in [-0.3, -0.25) is 9.59 Å². The lowest BCUT2D eigenvalue weighted by molar-refractivity contribution is -0.137. The van der Waals surface area contributed by atoms with E-state index in [2.05, 4.69) is 4.98 Å². The Morgan fingerprint density at radius 2 is 2.12 bits per heavy atom. The number of aliphatic carboxylic acids is 1. The van der Waals surface area contributed by atoms with E-state index in [1.807, 2.05) is 0 Å². The molecule has 1 saturated carbocycles. The van der Waals surface area contributed by atoms with Gasteiger partial charge in [-0.2, -0.15) is 0 Å². The predicted molar refractivity (Wildman–Crippen MR) is 57.7 cm³/mol. The number of aryl methyl sites for hydroxylation is 2. The van der Waals surface area contributed by atoms with Crippen molar-refractivity contribution in [3.63, 3.8) is 0 Å². The average molecular weight is 238 g/mol. The van der Waals surface area contributed by atoms with Crippen LogP contribution in [0.4, 0.5) is 0 Å². The number of rotatable bonds is 4. The number of oxazole rings is 1. The lowest BCUT2D eigenvalue weighted by atomic mass is 10.3. The molecule has 1 N–H and O–H groups in total. The molecule has 0 radical (unpaired) electrons. The molecular formula is C11H14N2O4. The highest BCUT2D eigenvalue weighted by atomic mass is 16.4. The minimum Gasteiger partial charge on any atom is -0.480 e. The number of carbonyl (C=O) groups excluding carboxylic acids is 1. The second kappa shape index (κ2) is 4.20. The van der Waals surface area contributed by atoms with E-state index >= 15 is 0 Å². The summed E-state index contributed by atoms with van der Waals surface area (Å²) in [7, 11) is 0. The molecule has 0 bridgehead atoms. The van der Waals surface area contributed by atoms with Crippen LogP contribution in [0.3, 0.4) is 0 Å². The van der Waals surface area contributed by atoms with Gasteiger partial charge in [0.25, 0.3) is 5.91 Å². The molecule has 0 saturated heterocycles. The highest BCUT2D eigenvalue weighted by molar-refractivity contribution is 5.94. The topological polar surface area (TPSA) is 83.6 Å². The number of hydrogen-bond donors (Lipinski definition) is 1. The van der Waals surface area contributed by atoms with Crippen molar-refractivity contribution in [3.05, 3.63) is 17.3 Å². The van der Waals surface area contributed by atoms with Gasteiger partial charge in [-0.05, 0) is 19.8 Å². The third-order valence-corrected chi connectivity index (χ3v) is 2.65. The number of amides is 1. The van der Waals surface area contributed by atoms with E-state index in [1.165, 1.54) is 4.90 Å². The second-order valence-electron chi connectivity index (χ2n) is 4.21. The normalized spacial score (nSPS) is 14.7. The van der Waals surface area contributed by atoms with Gasteiger partial charge in [-0.1, -0.05) is 0 Å². The van der Waals surface area contributed by atoms with E-state index < -0.39 is 5.97 Å². The van der Waals surface area contributed by atoms with Crippen molar-refractivity contribution in [3.8, 4) is 0 Å². The van der Waals surface area contributed by atoms with Gasteiger partial charge in [-0.15, -0.1) is 0 Å². The Bertz CT molecular complexity index is 462. The van der Waals surface area contributed by atoms with Crippen LogP contribution in [0, 0.1) is 13.8 Å². The monoisotopic (exact) mass is 238 g/mol. The number of carboxylic acid groups (broad SMARTS) is 1. The fourth-order valence-electron chi connectivity index (χ4n) is 1.76. The van der Waals surface area contributed by atoms with Crippen LogP contribution in [0.1, 0.15) is 35.0 Å². The third-order valence-electron chi connectivity index (χ3n) is 2.65. The summed E-state index contributed by atoms with van der Waals surface area (Å²) in [4.78, 5) is 28.2. The molecule has 1 aliphatic rings. The van der Waals surface area contributed by atoms with E-state index in [0.29, 0.717) is 11.6 Å². The highest BCUT2D eigenvalue weighted by Gasteiger charge is 2.36. The van der Waals surface area contributed by atoms with E-state index in [0.717, 1.165) is 12.8 Å². The molecule has 1 aromatic heterocycles. The summed E-state index contributed by atoms with van der Waals surface area (Å²) in [6.07, 6.45) is 1.70. The molecule has 2 rings (SSSR count). The maximum Gasteiger partial charge on any atom is 0.323 e. The maximum atomic E-state index is 12.1. The van der Waals surface area contributed by atoms with Crippen molar-refractivity contribution in [2.75, 3.05) is 6.54 Å². The van der Waals surface area contributed by atoms with Crippen molar-refractivity contribution in [2.45, 2.75) is 32.7 Å². The predicted octanol–water partition coefficient (Wildman–Crippen LogP) is 0.981. The molecule has 92 valence electrons. The Balaban J connectivity index is 2.21. The summed E-state index contributed by atoms with van der Waals surface area (Å²) in [6.45, 7) is 3.04. The molecule has 6 heteroatoms. The van der Waals surface area contributed by atoms with Crippen LogP contribution < -0.4 is 0 Å². The summed E-state index contributed by atoms with van der Waals surface area (Å²) in [5.74, 6) is -0.834. The van der Waals surface area contributed by atoms with Gasteiger partial charge in [0.05, 0.1) is 5.69 Å². The van der Waals surface area contributed by atoms with Crippen molar-refractivity contribution < 1.29 is 19.1 Å². The van der Waals surface area contributed by atoms with Crippen LogP contribution >= 0.6 is 0 Å². The summed E-state index contributed by atoms with van der Waals surface area (Å²) < 4.78 is 5.22. The lowest BCUT2D eigenvalue weighted by Crippen LogP contribution is -2.37. The fraction of sp³-hybridized carbons (Fsp3) is 0.545. The van der Waals surface area contributed by atoms with Gasteiger partial charge in [0.1, 0.15) is 6.54 Å². The molecule has 0 unspecified atom stereocenters. The molecule has 1 fully saturated rings. The van der Waals surface area contributed by atoms with Gasteiger partial charge in [0, 0.05) is 13.0 Å². The molecule has 0 spiro atoms. The molecule has 0 atom stereocenters. The Morgan fingerprint density at radius 1 is 1.47 bits per heavy atom. The van der Waals surface area contributed by atoms with E-state index in [-0.39, 0.29) is 24.3 Å². The molecule has 0 aliphatic heterocycles. The van der Waals surface area contributed by atoms with Crippen molar-refractivity contribution in [1.82, 2.24) is 9.88 Å². The first kappa shape index (κ1) is 11.6. The summed E-state index contributed by atoms with van der Waals surface area (Å²) in [6, 6.07) is 0.0309. The Kier molecular flexibility index (Phi) is 2.87. The molecule has 1 aromatic rings. The Hall–Kier alpha value is -1.85. The van der Waals surface area contributed by atoms with E-state index in [1.54, 1.807) is 13.8 Å². The molecular weight excluding hydrogens is 224 g/mol. The molecule has 6 nitrogen and oxygen atoms in total. The first-order chi connectivity index (χ1) is 7.99. The van der Waals surface area contributed by atoms with Crippen LogP contribution in [0.5, 0.6) is 0 Å². The molecule has 0 aromatic carbocycles. The molecule has 1 aliphatic carbocycles. The zero-order valence-corrected chi connectivity index (χ0v) is 9.77. The van der Waals surface area contributed by atoms with Crippen molar-refractivity contribution >= 4 is 11.9 Å². The van der Waals surface area contributed by atoms with Crippen LogP contribution in [-0.2, 0) is 4.79 Å². The first-order valence-corrected chi connectivity index (χ1v) is 5.46. The van der Waals surface area contributed by atoms with Gasteiger partial charge >= 0.3 is 5.97 Å². The first-order valence-electron chi connectivity index (χ1n) is 5.46. The minimum absolute atomic E-state index is 0.0309. The standard InChI is InChI=1S/C11H14N2O4/c1-6-10(17-7(2)12-6)11(16)13(5-9(14)15)8-3-4-8/h8H,3-5H2,1-2H3,(H,14,15). The SMILES string of the molecule is Cc1nc(C)c(C(=O)N(CC(=O)O)C2CC2)o1. The van der Waals surface area contributed by atoms with Gasteiger partial charge in [0.2, 0.25) is 5.76 Å². The summed E-state index contributed by atoms with van der Waals surface area (Å²) >= 11 is 0. The van der Waals surface area contributed by atoms with Crippen LogP contribution in [0.15, 0.2) is 4.42 Å². The Labute approximate surface area is 98.2 Å². The number of hydrogen-bond acceptors (Lipinski definition) is 4. The quantitative estimate of drug-likeness (QED) is 0.845. The minimum atomic E-state index is -1.01. The number of carbonyl (C=O) groups is 2.